The Morgan fingerprint density at radius 3 is 2.62 bits per heavy atom. The van der Waals surface area contributed by atoms with Crippen molar-refractivity contribution in [2.24, 2.45) is 0 Å². The first kappa shape index (κ1) is 22.1. The van der Waals surface area contributed by atoms with Crippen molar-refractivity contribution in [1.29, 1.82) is 0 Å². The topological polar surface area (TPSA) is 86.5 Å². The summed E-state index contributed by atoms with van der Waals surface area (Å²) in [5.74, 6) is 0.677. The summed E-state index contributed by atoms with van der Waals surface area (Å²) in [6, 6.07) is 10.9. The SMILES string of the molecule is CC1(NC(=O)COc2ccc(Cl)c(F)c2)C=C(c2nc(COc3ccc(Cl)cc3)no2)C1. The van der Waals surface area contributed by atoms with Gasteiger partial charge in [0.05, 0.1) is 10.6 Å². The second-order valence-electron chi connectivity index (χ2n) is 7.43. The van der Waals surface area contributed by atoms with Crippen molar-refractivity contribution in [3.8, 4) is 11.5 Å². The highest BCUT2D eigenvalue weighted by molar-refractivity contribution is 6.30. The van der Waals surface area contributed by atoms with E-state index in [1.807, 2.05) is 13.0 Å². The Balaban J connectivity index is 1.27. The first-order valence-corrected chi connectivity index (χ1v) is 10.4. The second-order valence-corrected chi connectivity index (χ2v) is 8.28. The maximum absolute atomic E-state index is 13.4. The van der Waals surface area contributed by atoms with Crippen LogP contribution in [0.4, 0.5) is 4.39 Å². The van der Waals surface area contributed by atoms with Crippen molar-refractivity contribution >= 4 is 34.7 Å². The normalized spacial score (nSPS) is 17.3. The zero-order chi connectivity index (χ0) is 22.7. The third kappa shape index (κ3) is 5.38. The summed E-state index contributed by atoms with van der Waals surface area (Å²) in [5, 5.41) is 7.38. The Morgan fingerprint density at radius 1 is 1.19 bits per heavy atom. The van der Waals surface area contributed by atoms with E-state index in [1.165, 1.54) is 12.1 Å². The average molecular weight is 478 g/mol. The molecule has 0 bridgehead atoms. The van der Waals surface area contributed by atoms with Crippen LogP contribution in [0, 0.1) is 5.82 Å². The minimum absolute atomic E-state index is 0.0119. The molecule has 0 radical (unpaired) electrons. The van der Waals surface area contributed by atoms with Crippen LogP contribution in [0.3, 0.4) is 0 Å². The molecule has 32 heavy (non-hydrogen) atoms. The first-order chi connectivity index (χ1) is 15.3. The van der Waals surface area contributed by atoms with Crippen LogP contribution in [-0.4, -0.2) is 28.2 Å². The van der Waals surface area contributed by atoms with Crippen molar-refractivity contribution in [1.82, 2.24) is 15.5 Å². The van der Waals surface area contributed by atoms with E-state index in [0.29, 0.717) is 28.9 Å². The summed E-state index contributed by atoms with van der Waals surface area (Å²) < 4.78 is 29.6. The number of ether oxygens (including phenoxy) is 2. The van der Waals surface area contributed by atoms with E-state index < -0.39 is 11.4 Å². The van der Waals surface area contributed by atoms with Crippen molar-refractivity contribution < 1.29 is 23.2 Å². The van der Waals surface area contributed by atoms with Crippen LogP contribution in [0.25, 0.3) is 5.57 Å². The summed E-state index contributed by atoms with van der Waals surface area (Å²) in [7, 11) is 0. The summed E-state index contributed by atoms with van der Waals surface area (Å²) in [5.41, 5.74) is 0.244. The lowest BCUT2D eigenvalue weighted by molar-refractivity contribution is -0.124. The van der Waals surface area contributed by atoms with Crippen LogP contribution < -0.4 is 14.8 Å². The van der Waals surface area contributed by atoms with Crippen LogP contribution in [-0.2, 0) is 11.4 Å². The molecule has 10 heteroatoms. The van der Waals surface area contributed by atoms with Crippen molar-refractivity contribution in [2.75, 3.05) is 6.61 Å². The number of hydrogen-bond donors (Lipinski definition) is 1. The predicted octanol–water partition coefficient (Wildman–Crippen LogP) is 4.84. The van der Waals surface area contributed by atoms with Crippen molar-refractivity contribution in [2.45, 2.75) is 25.5 Å². The number of halogens is 3. The van der Waals surface area contributed by atoms with Crippen molar-refractivity contribution in [3.05, 3.63) is 76.1 Å². The third-order valence-electron chi connectivity index (χ3n) is 4.66. The van der Waals surface area contributed by atoms with Gasteiger partial charge in [-0.2, -0.15) is 4.98 Å². The third-order valence-corrected chi connectivity index (χ3v) is 5.22. The van der Waals surface area contributed by atoms with Gasteiger partial charge < -0.3 is 19.3 Å². The molecule has 0 saturated heterocycles. The Hall–Kier alpha value is -3.10. The minimum atomic E-state index is -0.611. The molecule has 0 spiro atoms. The molecule has 2 aromatic carbocycles. The number of nitrogens with one attached hydrogen (secondary N) is 1. The van der Waals surface area contributed by atoms with Crippen LogP contribution in [0.5, 0.6) is 11.5 Å². The smallest absolute Gasteiger partial charge is 0.258 e. The van der Waals surface area contributed by atoms with Crippen LogP contribution in [0.15, 0.2) is 53.1 Å². The fraction of sp³-hybridized carbons (Fsp3) is 0.227. The van der Waals surface area contributed by atoms with Gasteiger partial charge >= 0.3 is 0 Å². The quantitative estimate of drug-likeness (QED) is 0.499. The van der Waals surface area contributed by atoms with Gasteiger partial charge in [-0.05, 0) is 43.3 Å². The standard InChI is InChI=1S/C22H18Cl2FN3O4/c1-22(27-20(29)12-31-16-6-7-17(24)18(25)8-16)9-13(10-22)21-26-19(28-32-21)11-30-15-4-2-14(23)3-5-15/h2-9H,10-12H2,1H3,(H,27,29). The number of carbonyl (C=O) groups is 1. The van der Waals surface area contributed by atoms with Gasteiger partial charge in [0.15, 0.2) is 13.2 Å². The van der Waals surface area contributed by atoms with Gasteiger partial charge in [0.2, 0.25) is 5.82 Å². The lowest BCUT2D eigenvalue weighted by atomic mass is 9.80. The maximum atomic E-state index is 13.4. The van der Waals surface area contributed by atoms with Gasteiger partial charge in [0, 0.05) is 23.1 Å². The molecule has 1 unspecified atom stereocenters. The number of benzene rings is 2. The highest BCUT2D eigenvalue weighted by Crippen LogP contribution is 2.36. The monoisotopic (exact) mass is 477 g/mol. The molecule has 7 nitrogen and oxygen atoms in total. The first-order valence-electron chi connectivity index (χ1n) is 9.62. The summed E-state index contributed by atoms with van der Waals surface area (Å²) in [4.78, 5) is 16.5. The fourth-order valence-corrected chi connectivity index (χ4v) is 3.40. The zero-order valence-corrected chi connectivity index (χ0v) is 18.4. The minimum Gasteiger partial charge on any atom is -0.485 e. The Morgan fingerprint density at radius 2 is 1.91 bits per heavy atom. The van der Waals surface area contributed by atoms with E-state index in [0.717, 1.165) is 11.6 Å². The molecule has 0 aliphatic heterocycles. The van der Waals surface area contributed by atoms with Gasteiger partial charge in [-0.25, -0.2) is 4.39 Å². The van der Waals surface area contributed by atoms with E-state index >= 15 is 0 Å². The van der Waals surface area contributed by atoms with Crippen molar-refractivity contribution in [3.63, 3.8) is 0 Å². The van der Waals surface area contributed by atoms with Gasteiger partial charge in [0.1, 0.15) is 17.3 Å². The Bertz CT molecular complexity index is 1170. The predicted molar refractivity (Wildman–Crippen MR) is 116 cm³/mol. The number of amides is 1. The molecule has 1 aromatic heterocycles. The fourth-order valence-electron chi connectivity index (χ4n) is 3.16. The van der Waals surface area contributed by atoms with E-state index in [4.69, 9.17) is 37.2 Å². The highest BCUT2D eigenvalue weighted by Gasteiger charge is 2.36. The molecule has 4 rings (SSSR count). The van der Waals surface area contributed by atoms with E-state index in [2.05, 4.69) is 15.5 Å². The summed E-state index contributed by atoms with van der Waals surface area (Å²) in [6.07, 6.45) is 2.35. The van der Waals surface area contributed by atoms with Crippen LogP contribution in [0.2, 0.25) is 10.0 Å². The molecule has 1 aliphatic rings. The van der Waals surface area contributed by atoms with Crippen LogP contribution >= 0.6 is 23.2 Å². The van der Waals surface area contributed by atoms with Crippen LogP contribution in [0.1, 0.15) is 25.1 Å². The summed E-state index contributed by atoms with van der Waals surface area (Å²) >= 11 is 11.5. The maximum Gasteiger partial charge on any atom is 0.258 e. The highest BCUT2D eigenvalue weighted by atomic mass is 35.5. The molecule has 0 saturated carbocycles. The molecule has 1 heterocycles. The molecular formula is C22H18Cl2FN3O4. The Labute approximate surface area is 193 Å². The molecule has 166 valence electrons. The Kier molecular flexibility index (Phi) is 6.34. The largest absolute Gasteiger partial charge is 0.485 e. The van der Waals surface area contributed by atoms with Gasteiger partial charge in [0.25, 0.3) is 11.8 Å². The van der Waals surface area contributed by atoms with E-state index in [1.54, 1.807) is 24.3 Å². The summed E-state index contributed by atoms with van der Waals surface area (Å²) in [6.45, 7) is 1.75. The number of nitrogens with zero attached hydrogens (tertiary/aromatic N) is 2. The molecular weight excluding hydrogens is 460 g/mol. The lowest BCUT2D eigenvalue weighted by Gasteiger charge is -2.35. The van der Waals surface area contributed by atoms with E-state index in [9.17, 15) is 9.18 Å². The van der Waals surface area contributed by atoms with E-state index in [-0.39, 0.29) is 29.9 Å². The number of hydrogen-bond acceptors (Lipinski definition) is 6. The van der Waals surface area contributed by atoms with Gasteiger partial charge in [-0.15, -0.1) is 0 Å². The molecule has 1 aliphatic carbocycles. The molecule has 1 amide bonds. The van der Waals surface area contributed by atoms with Gasteiger partial charge in [-0.1, -0.05) is 34.4 Å². The molecule has 3 aromatic rings. The average Bonchev–Trinajstić information content (AvgIpc) is 3.21. The molecule has 0 fully saturated rings. The molecule has 1 N–H and O–H groups in total. The zero-order valence-electron chi connectivity index (χ0n) is 16.9. The van der Waals surface area contributed by atoms with Gasteiger partial charge in [-0.3, -0.25) is 4.79 Å². The lowest BCUT2D eigenvalue weighted by Crippen LogP contribution is -2.50. The number of aromatic nitrogens is 2. The second kappa shape index (κ2) is 9.18. The number of rotatable bonds is 8. The number of carbonyl (C=O) groups excluding carboxylic acids is 1. The molecule has 1 atom stereocenters.